The summed E-state index contributed by atoms with van der Waals surface area (Å²) in [6.45, 7) is 0. The molecule has 0 fully saturated rings. The first kappa shape index (κ1) is 19.8. The molecule has 0 aromatic heterocycles. The molecule has 3 rings (SSSR count). The summed E-state index contributed by atoms with van der Waals surface area (Å²) >= 11 is 1.23. The van der Waals surface area contributed by atoms with E-state index in [1.165, 1.54) is 54.2 Å². The lowest BCUT2D eigenvalue weighted by Crippen LogP contribution is -2.07. The number of Topliss-reactive ketones (excluding diaryl/α,β-unsaturated/α-hetero) is 1. The van der Waals surface area contributed by atoms with Crippen LogP contribution in [0.15, 0.2) is 77.7 Å². The lowest BCUT2D eigenvalue weighted by molar-refractivity contribution is 0.0693. The standard InChI is InChI=1S/C22H16F2O3S/c23-16-9-5-14(6-10-16)19(25)13-21(15-7-11-17(24)12-8-15)28-20-4-2-1-3-18(20)22(26)27/h1-12,21H,13H2,(H,26,27). The van der Waals surface area contributed by atoms with Gasteiger partial charge in [-0.2, -0.15) is 0 Å². The summed E-state index contributed by atoms with van der Waals surface area (Å²) in [5.74, 6) is -2.11. The Morgan fingerprint density at radius 2 is 1.43 bits per heavy atom. The largest absolute Gasteiger partial charge is 0.478 e. The van der Waals surface area contributed by atoms with Crippen molar-refractivity contribution in [2.45, 2.75) is 16.6 Å². The number of halogens is 2. The monoisotopic (exact) mass is 398 g/mol. The average molecular weight is 398 g/mol. The number of rotatable bonds is 7. The summed E-state index contributed by atoms with van der Waals surface area (Å²) in [7, 11) is 0. The first-order valence-corrected chi connectivity index (χ1v) is 9.35. The van der Waals surface area contributed by atoms with Gasteiger partial charge in [0.1, 0.15) is 11.6 Å². The molecule has 0 heterocycles. The second kappa shape index (κ2) is 8.80. The first-order chi connectivity index (χ1) is 13.4. The lowest BCUT2D eigenvalue weighted by Gasteiger charge is -2.18. The highest BCUT2D eigenvalue weighted by molar-refractivity contribution is 7.99. The van der Waals surface area contributed by atoms with Crippen LogP contribution in [0.4, 0.5) is 8.78 Å². The molecule has 1 unspecified atom stereocenters. The molecule has 0 radical (unpaired) electrons. The predicted octanol–water partition coefficient (Wildman–Crippen LogP) is 5.77. The zero-order valence-corrected chi connectivity index (χ0v) is 15.5. The smallest absolute Gasteiger partial charge is 0.336 e. The van der Waals surface area contributed by atoms with Crippen molar-refractivity contribution in [3.05, 3.63) is 101 Å². The molecular formula is C22H16F2O3S. The van der Waals surface area contributed by atoms with Crippen molar-refractivity contribution in [1.29, 1.82) is 0 Å². The van der Waals surface area contributed by atoms with E-state index >= 15 is 0 Å². The Balaban J connectivity index is 1.91. The number of carbonyl (C=O) groups excluding carboxylic acids is 1. The van der Waals surface area contributed by atoms with Gasteiger partial charge in [-0.15, -0.1) is 11.8 Å². The van der Waals surface area contributed by atoms with E-state index in [1.807, 2.05) is 0 Å². The van der Waals surface area contributed by atoms with Crippen LogP contribution in [0.3, 0.4) is 0 Å². The highest BCUT2D eigenvalue weighted by Gasteiger charge is 2.21. The van der Waals surface area contributed by atoms with Crippen LogP contribution in [0.5, 0.6) is 0 Å². The zero-order chi connectivity index (χ0) is 20.1. The number of hydrogen-bond acceptors (Lipinski definition) is 3. The second-order valence-corrected chi connectivity index (χ2v) is 7.34. The van der Waals surface area contributed by atoms with Crippen LogP contribution < -0.4 is 0 Å². The number of hydrogen-bond donors (Lipinski definition) is 1. The van der Waals surface area contributed by atoms with Gasteiger partial charge in [0.05, 0.1) is 5.56 Å². The van der Waals surface area contributed by atoms with Crippen LogP contribution in [0.1, 0.15) is 38.0 Å². The number of aromatic carboxylic acids is 1. The number of thioether (sulfide) groups is 1. The summed E-state index contributed by atoms with van der Waals surface area (Å²) in [5, 5.41) is 8.97. The Kier molecular flexibility index (Phi) is 6.21. The second-order valence-electron chi connectivity index (χ2n) is 6.09. The Labute approximate surface area is 165 Å². The van der Waals surface area contributed by atoms with E-state index in [2.05, 4.69) is 0 Å². The molecule has 28 heavy (non-hydrogen) atoms. The Morgan fingerprint density at radius 3 is 2.04 bits per heavy atom. The molecule has 0 bridgehead atoms. The van der Waals surface area contributed by atoms with E-state index in [0.717, 1.165) is 0 Å². The van der Waals surface area contributed by atoms with Crippen molar-refractivity contribution < 1.29 is 23.5 Å². The molecule has 1 N–H and O–H groups in total. The molecule has 1 atom stereocenters. The first-order valence-electron chi connectivity index (χ1n) is 8.47. The predicted molar refractivity (Wildman–Crippen MR) is 104 cm³/mol. The van der Waals surface area contributed by atoms with Crippen molar-refractivity contribution in [3.8, 4) is 0 Å². The average Bonchev–Trinajstić information content (AvgIpc) is 2.69. The zero-order valence-electron chi connectivity index (χ0n) is 14.6. The van der Waals surface area contributed by atoms with Gasteiger partial charge in [0.15, 0.2) is 5.78 Å². The van der Waals surface area contributed by atoms with Gasteiger partial charge in [-0.05, 0) is 54.1 Å². The SMILES string of the molecule is O=C(CC(Sc1ccccc1C(=O)O)c1ccc(F)cc1)c1ccc(F)cc1. The van der Waals surface area contributed by atoms with Gasteiger partial charge >= 0.3 is 5.97 Å². The fourth-order valence-electron chi connectivity index (χ4n) is 2.73. The number of carboxylic acid groups (broad SMARTS) is 1. The van der Waals surface area contributed by atoms with Gasteiger partial charge in [0.2, 0.25) is 0 Å². The number of benzene rings is 3. The fraction of sp³-hybridized carbons (Fsp3) is 0.0909. The van der Waals surface area contributed by atoms with Crippen molar-refractivity contribution in [2.75, 3.05) is 0 Å². The van der Waals surface area contributed by atoms with E-state index in [4.69, 9.17) is 0 Å². The minimum absolute atomic E-state index is 0.0515. The summed E-state index contributed by atoms with van der Waals surface area (Å²) in [4.78, 5) is 24.7. The van der Waals surface area contributed by atoms with Crippen LogP contribution in [0.25, 0.3) is 0 Å². The maximum atomic E-state index is 13.3. The molecular weight excluding hydrogens is 382 g/mol. The molecule has 3 nitrogen and oxygen atoms in total. The lowest BCUT2D eigenvalue weighted by atomic mass is 10.0. The minimum atomic E-state index is -1.06. The summed E-state index contributed by atoms with van der Waals surface area (Å²) < 4.78 is 26.4. The van der Waals surface area contributed by atoms with E-state index in [0.29, 0.717) is 16.0 Å². The normalized spacial score (nSPS) is 11.8. The molecule has 0 amide bonds. The van der Waals surface area contributed by atoms with E-state index in [9.17, 15) is 23.5 Å². The van der Waals surface area contributed by atoms with Gasteiger partial charge in [0.25, 0.3) is 0 Å². The third kappa shape index (κ3) is 4.84. The van der Waals surface area contributed by atoms with Gasteiger partial charge in [-0.25, -0.2) is 13.6 Å². The molecule has 142 valence electrons. The van der Waals surface area contributed by atoms with Crippen molar-refractivity contribution in [1.82, 2.24) is 0 Å². The molecule has 3 aromatic carbocycles. The quantitative estimate of drug-likeness (QED) is 0.406. The van der Waals surface area contributed by atoms with Crippen LogP contribution in [-0.2, 0) is 0 Å². The van der Waals surface area contributed by atoms with Gasteiger partial charge in [0, 0.05) is 22.1 Å². The highest BCUT2D eigenvalue weighted by Crippen LogP contribution is 2.40. The van der Waals surface area contributed by atoms with Crippen LogP contribution in [0, 0.1) is 11.6 Å². The van der Waals surface area contributed by atoms with Crippen LogP contribution in [-0.4, -0.2) is 16.9 Å². The Hall–Kier alpha value is -2.99. The highest BCUT2D eigenvalue weighted by atomic mass is 32.2. The molecule has 0 spiro atoms. The molecule has 0 aliphatic rings. The van der Waals surface area contributed by atoms with Crippen molar-refractivity contribution in [3.63, 3.8) is 0 Å². The third-order valence-electron chi connectivity index (χ3n) is 4.17. The number of carboxylic acids is 1. The molecule has 6 heteroatoms. The maximum Gasteiger partial charge on any atom is 0.336 e. The Morgan fingerprint density at radius 1 is 0.857 bits per heavy atom. The summed E-state index contributed by atoms with van der Waals surface area (Å²) in [6.07, 6.45) is 0.0515. The fourth-order valence-corrected chi connectivity index (χ4v) is 4.00. The van der Waals surface area contributed by atoms with Crippen LogP contribution >= 0.6 is 11.8 Å². The van der Waals surface area contributed by atoms with Gasteiger partial charge in [-0.1, -0.05) is 24.3 Å². The van der Waals surface area contributed by atoms with Gasteiger partial charge < -0.3 is 5.11 Å². The molecule has 0 saturated heterocycles. The number of ketones is 1. The molecule has 0 aliphatic heterocycles. The van der Waals surface area contributed by atoms with E-state index in [1.54, 1.807) is 30.3 Å². The van der Waals surface area contributed by atoms with E-state index < -0.39 is 22.9 Å². The Bertz CT molecular complexity index is 985. The summed E-state index contributed by atoms with van der Waals surface area (Å²) in [6, 6.07) is 17.5. The maximum absolute atomic E-state index is 13.3. The van der Waals surface area contributed by atoms with Crippen molar-refractivity contribution >= 4 is 23.5 Å². The minimum Gasteiger partial charge on any atom is -0.478 e. The van der Waals surface area contributed by atoms with E-state index in [-0.39, 0.29) is 17.8 Å². The molecule has 0 saturated carbocycles. The molecule has 3 aromatic rings. The van der Waals surface area contributed by atoms with Crippen molar-refractivity contribution in [2.24, 2.45) is 0 Å². The number of carbonyl (C=O) groups is 2. The third-order valence-corrected chi connectivity index (χ3v) is 5.50. The molecule has 0 aliphatic carbocycles. The van der Waals surface area contributed by atoms with Crippen LogP contribution in [0.2, 0.25) is 0 Å². The summed E-state index contributed by atoms with van der Waals surface area (Å²) in [5.41, 5.74) is 1.19. The van der Waals surface area contributed by atoms with Gasteiger partial charge in [-0.3, -0.25) is 4.79 Å². The topological polar surface area (TPSA) is 54.4 Å².